The first-order valence-corrected chi connectivity index (χ1v) is 4.98. The van der Waals surface area contributed by atoms with Crippen LogP contribution in [0.5, 0.6) is 0 Å². The van der Waals surface area contributed by atoms with Gasteiger partial charge in [-0.05, 0) is 25.1 Å². The minimum absolute atomic E-state index is 0. The fourth-order valence-corrected chi connectivity index (χ4v) is 1.82. The normalized spacial score (nSPS) is 12.9. The number of aryl methyl sites for hydroxylation is 1. The summed E-state index contributed by atoms with van der Waals surface area (Å²) in [6, 6.07) is 1.83. The molecule has 1 aromatic heterocycles. The van der Waals surface area contributed by atoms with E-state index in [2.05, 4.69) is 4.98 Å². The quantitative estimate of drug-likeness (QED) is 0.364. The van der Waals surface area contributed by atoms with Gasteiger partial charge >= 0.3 is 0 Å². The van der Waals surface area contributed by atoms with Crippen LogP contribution in [0, 0.1) is 6.92 Å². The molecule has 2 rings (SSSR count). The second kappa shape index (κ2) is 5.71. The number of nitrogens with zero attached hydrogens (tertiary/aromatic N) is 1. The van der Waals surface area contributed by atoms with Crippen LogP contribution in [-0.4, -0.2) is 17.1 Å². The zero-order valence-corrected chi connectivity index (χ0v) is 10.4. The molecule has 0 unspecified atom stereocenters. The van der Waals surface area contributed by atoms with E-state index in [1.54, 1.807) is 0 Å². The van der Waals surface area contributed by atoms with Crippen molar-refractivity contribution < 1.29 is 26.7 Å². The van der Waals surface area contributed by atoms with Crippen LogP contribution < -0.4 is 0 Å². The van der Waals surface area contributed by atoms with Crippen molar-refractivity contribution in [2.75, 3.05) is 0 Å². The molecule has 1 aliphatic carbocycles. The van der Waals surface area contributed by atoms with E-state index in [0.29, 0.717) is 0 Å². The van der Waals surface area contributed by atoms with Gasteiger partial charge < -0.3 is 14.6 Å². The Labute approximate surface area is 110 Å². The Bertz CT molecular complexity index is 518. The smallest absolute Gasteiger partial charge is 0.0766 e. The van der Waals surface area contributed by atoms with Crippen molar-refractivity contribution in [1.29, 1.82) is 0 Å². The molecule has 3 nitrogen and oxygen atoms in total. The predicted molar refractivity (Wildman–Crippen MR) is 60.7 cm³/mol. The van der Waals surface area contributed by atoms with Crippen molar-refractivity contribution in [3.63, 3.8) is 0 Å². The second-order valence-electron chi connectivity index (χ2n) is 3.61. The Morgan fingerprint density at radius 2 is 2.24 bits per heavy atom. The molecule has 87 valence electrons. The van der Waals surface area contributed by atoms with E-state index in [0.717, 1.165) is 23.1 Å². The van der Waals surface area contributed by atoms with Crippen LogP contribution >= 0.6 is 0 Å². The zero-order chi connectivity index (χ0) is 11.5. The van der Waals surface area contributed by atoms with E-state index < -0.39 is 5.78 Å². The summed E-state index contributed by atoms with van der Waals surface area (Å²) >= 11 is 0. The van der Waals surface area contributed by atoms with Gasteiger partial charge in [-0.1, -0.05) is 34.9 Å². The van der Waals surface area contributed by atoms with E-state index in [-0.39, 0.29) is 22.8 Å². The third kappa shape index (κ3) is 2.60. The van der Waals surface area contributed by atoms with Gasteiger partial charge in [-0.3, -0.25) is 0 Å². The van der Waals surface area contributed by atoms with Crippen molar-refractivity contribution in [2.45, 2.75) is 13.3 Å². The Kier molecular flexibility index (Phi) is 4.55. The maximum Gasteiger partial charge on any atom is 0.0766 e. The number of allylic oxidation sites excluding steroid dienone is 4. The molecule has 0 N–H and O–H groups in total. The summed E-state index contributed by atoms with van der Waals surface area (Å²) in [5.41, 5.74) is 2.93. The standard InChI is InChI=1S/C13H10NO2.Mn/c1-9-6-7-14-13(11(16)8-15)12(9)10-4-2-3-5-10;/h2-4,6-7H,5H2,1H3;/q-1;. The summed E-state index contributed by atoms with van der Waals surface area (Å²) < 4.78 is 0. The molecular formula is C13H10MnNO2-. The topological polar surface area (TPSA) is 47.0 Å². The average Bonchev–Trinajstić information content (AvgIpc) is 2.81. The van der Waals surface area contributed by atoms with Crippen LogP contribution in [0.1, 0.15) is 28.0 Å². The van der Waals surface area contributed by atoms with Crippen LogP contribution in [-0.2, 0) is 21.9 Å². The molecule has 0 fully saturated rings. The number of carbonyl (C=O) groups excluding carboxylic acids is 2. The van der Waals surface area contributed by atoms with Gasteiger partial charge in [-0.15, -0.1) is 0 Å². The molecule has 0 aromatic carbocycles. The zero-order valence-electron chi connectivity index (χ0n) is 9.24. The predicted octanol–water partition coefficient (Wildman–Crippen LogP) is 2.02. The molecule has 0 bridgehead atoms. The molecule has 1 heterocycles. The Morgan fingerprint density at radius 1 is 1.47 bits per heavy atom. The van der Waals surface area contributed by atoms with Crippen molar-refractivity contribution in [3.05, 3.63) is 47.3 Å². The fourth-order valence-electron chi connectivity index (χ4n) is 1.82. The van der Waals surface area contributed by atoms with E-state index >= 15 is 0 Å². The van der Waals surface area contributed by atoms with E-state index in [9.17, 15) is 9.59 Å². The summed E-state index contributed by atoms with van der Waals surface area (Å²) in [5.74, 6) is -0.688. The van der Waals surface area contributed by atoms with Gasteiger partial charge in [0.1, 0.15) is 0 Å². The summed E-state index contributed by atoms with van der Waals surface area (Å²) in [5, 5.41) is 0. The number of carbonyl (C=O) groups is 1. The molecule has 4 heteroatoms. The third-order valence-electron chi connectivity index (χ3n) is 2.56. The average molecular weight is 267 g/mol. The van der Waals surface area contributed by atoms with Crippen LogP contribution in [0.3, 0.4) is 0 Å². The number of aromatic nitrogens is 1. The number of Topliss-reactive ketones (excluding diaryl/α,β-unsaturated/α-hetero) is 1. The first-order valence-electron chi connectivity index (χ1n) is 4.98. The van der Waals surface area contributed by atoms with Gasteiger partial charge in [-0.25, -0.2) is 0 Å². The van der Waals surface area contributed by atoms with Gasteiger partial charge in [0.15, 0.2) is 0 Å². The molecule has 0 atom stereocenters. The minimum atomic E-state index is -0.688. The Balaban J connectivity index is 0.00000144. The summed E-state index contributed by atoms with van der Waals surface area (Å²) in [6.07, 6.45) is 9.54. The molecule has 0 amide bonds. The molecule has 17 heavy (non-hydrogen) atoms. The van der Waals surface area contributed by atoms with Crippen molar-refractivity contribution in [3.8, 4) is 0 Å². The van der Waals surface area contributed by atoms with Gasteiger partial charge in [0.2, 0.25) is 0 Å². The SMILES string of the molecule is Cc1ccnc(C(=O)[C-]=O)c1C1=CC=CC1.[Mn]. The number of pyridine rings is 1. The largest absolute Gasteiger partial charge is 0.415 e. The molecule has 1 aliphatic rings. The molecule has 0 saturated carbocycles. The van der Waals surface area contributed by atoms with Crippen LogP contribution in [0.15, 0.2) is 30.5 Å². The van der Waals surface area contributed by atoms with E-state index in [1.165, 1.54) is 12.5 Å². The van der Waals surface area contributed by atoms with E-state index in [1.807, 2.05) is 31.2 Å². The van der Waals surface area contributed by atoms with Crippen molar-refractivity contribution >= 4 is 17.6 Å². The van der Waals surface area contributed by atoms with Crippen LogP contribution in [0.4, 0.5) is 0 Å². The van der Waals surface area contributed by atoms with Gasteiger partial charge in [0.05, 0.1) is 5.78 Å². The number of ketones is 1. The first kappa shape index (κ1) is 13.6. The molecule has 0 aliphatic heterocycles. The summed E-state index contributed by atoms with van der Waals surface area (Å²) in [7, 11) is 0. The maximum absolute atomic E-state index is 11.4. The van der Waals surface area contributed by atoms with Gasteiger partial charge in [0, 0.05) is 29.6 Å². The van der Waals surface area contributed by atoms with Gasteiger partial charge in [-0.2, -0.15) is 0 Å². The molecule has 1 aromatic rings. The molecule has 0 saturated heterocycles. The number of hydrogen-bond donors (Lipinski definition) is 0. The summed E-state index contributed by atoms with van der Waals surface area (Å²) in [6.45, 7) is 1.90. The fraction of sp³-hybridized carbons (Fsp3) is 0.154. The third-order valence-corrected chi connectivity index (χ3v) is 2.56. The Morgan fingerprint density at radius 3 is 2.82 bits per heavy atom. The monoisotopic (exact) mass is 267 g/mol. The molecule has 0 spiro atoms. The summed E-state index contributed by atoms with van der Waals surface area (Å²) in [4.78, 5) is 25.8. The number of hydrogen-bond acceptors (Lipinski definition) is 3. The molecular weight excluding hydrogens is 257 g/mol. The maximum atomic E-state index is 11.4. The van der Waals surface area contributed by atoms with Crippen molar-refractivity contribution in [1.82, 2.24) is 4.98 Å². The van der Waals surface area contributed by atoms with Gasteiger partial charge in [0.25, 0.3) is 0 Å². The van der Waals surface area contributed by atoms with Crippen molar-refractivity contribution in [2.24, 2.45) is 0 Å². The van der Waals surface area contributed by atoms with Crippen LogP contribution in [0.25, 0.3) is 5.57 Å². The second-order valence-corrected chi connectivity index (χ2v) is 3.61. The first-order chi connectivity index (χ1) is 7.74. The number of rotatable bonds is 3. The molecule has 1 radical (unpaired) electrons. The van der Waals surface area contributed by atoms with E-state index in [4.69, 9.17) is 0 Å². The van der Waals surface area contributed by atoms with Crippen LogP contribution in [0.2, 0.25) is 0 Å². The minimum Gasteiger partial charge on any atom is -0.415 e. The Hall–Kier alpha value is -1.51.